The Morgan fingerprint density at radius 3 is 2.58 bits per heavy atom. The zero-order valence-electron chi connectivity index (χ0n) is 6.67. The minimum absolute atomic E-state index is 0.337. The van der Waals surface area contributed by atoms with E-state index in [0.717, 1.165) is 0 Å². The van der Waals surface area contributed by atoms with Gasteiger partial charge < -0.3 is 20.1 Å². The molecule has 3 N–H and O–H groups in total. The van der Waals surface area contributed by atoms with E-state index in [-0.39, 0.29) is 6.61 Å². The van der Waals surface area contributed by atoms with Gasteiger partial charge in [0.25, 0.3) is 0 Å². The molecule has 0 aromatic carbocycles. The van der Waals surface area contributed by atoms with Crippen molar-refractivity contribution in [2.45, 2.75) is 25.2 Å². The molecule has 5 heteroatoms. The number of hydrogen-bond acceptors (Lipinski definition) is 5. The minimum atomic E-state index is -1.48. The number of aliphatic hydroxyl groups excluding tert-OH is 3. The zero-order chi connectivity index (χ0) is 9.30. The van der Waals surface area contributed by atoms with Gasteiger partial charge in [0.05, 0.1) is 12.7 Å². The van der Waals surface area contributed by atoms with Crippen molar-refractivity contribution in [2.75, 3.05) is 6.61 Å². The summed E-state index contributed by atoms with van der Waals surface area (Å²) in [6, 6.07) is 0. The number of hydrogen-bond donors (Lipinski definition) is 3. The zero-order valence-corrected chi connectivity index (χ0v) is 6.67. The topological polar surface area (TPSA) is 87.0 Å². The number of carbonyl (C=O) groups excluding carboxylic acids is 1. The van der Waals surface area contributed by atoms with Gasteiger partial charge >= 0.3 is 5.97 Å². The fourth-order valence-electron chi connectivity index (χ4n) is 1.18. The fraction of sp³-hybridized carbons (Fsp3) is 0.857. The molecule has 0 spiro atoms. The van der Waals surface area contributed by atoms with E-state index < -0.39 is 30.2 Å². The standard InChI is InChI=1S/C7H12O5/c1-3-4(2-8)12-7(11)6(10)5(3)9/h3-6,8-10H,2H2,1H3/t3-,4-,5+,6-/m1/s1. The molecule has 1 heterocycles. The van der Waals surface area contributed by atoms with Crippen molar-refractivity contribution in [1.82, 2.24) is 0 Å². The highest BCUT2D eigenvalue weighted by atomic mass is 16.6. The summed E-state index contributed by atoms with van der Waals surface area (Å²) in [5.41, 5.74) is 0. The average molecular weight is 176 g/mol. The van der Waals surface area contributed by atoms with Crippen molar-refractivity contribution in [3.63, 3.8) is 0 Å². The summed E-state index contributed by atoms with van der Waals surface area (Å²) >= 11 is 0. The molecule has 0 aliphatic carbocycles. The van der Waals surface area contributed by atoms with Crippen molar-refractivity contribution < 1.29 is 24.9 Å². The Hall–Kier alpha value is -0.650. The molecule has 4 atom stereocenters. The van der Waals surface area contributed by atoms with E-state index in [0.29, 0.717) is 0 Å². The van der Waals surface area contributed by atoms with E-state index in [1.165, 1.54) is 0 Å². The number of ether oxygens (including phenoxy) is 1. The van der Waals surface area contributed by atoms with Gasteiger partial charge in [0.15, 0.2) is 6.10 Å². The maximum absolute atomic E-state index is 10.8. The first-order chi connectivity index (χ1) is 5.57. The lowest BCUT2D eigenvalue weighted by molar-refractivity contribution is -0.192. The second-order valence-electron chi connectivity index (χ2n) is 2.95. The molecule has 0 aromatic heterocycles. The quantitative estimate of drug-likeness (QED) is 0.413. The van der Waals surface area contributed by atoms with E-state index in [1.807, 2.05) is 0 Å². The largest absolute Gasteiger partial charge is 0.458 e. The van der Waals surface area contributed by atoms with Crippen LogP contribution in [0.2, 0.25) is 0 Å². The highest BCUT2D eigenvalue weighted by Crippen LogP contribution is 2.21. The third-order valence-corrected chi connectivity index (χ3v) is 2.14. The lowest BCUT2D eigenvalue weighted by Gasteiger charge is -2.34. The number of esters is 1. The first-order valence-corrected chi connectivity index (χ1v) is 3.75. The summed E-state index contributed by atoms with van der Waals surface area (Å²) in [6.07, 6.45) is -3.35. The van der Waals surface area contributed by atoms with Crippen molar-refractivity contribution in [2.24, 2.45) is 5.92 Å². The number of carbonyl (C=O) groups is 1. The Morgan fingerprint density at radius 1 is 1.50 bits per heavy atom. The van der Waals surface area contributed by atoms with Crippen LogP contribution in [0.3, 0.4) is 0 Å². The van der Waals surface area contributed by atoms with Gasteiger partial charge in [0.1, 0.15) is 6.10 Å². The van der Waals surface area contributed by atoms with Crippen molar-refractivity contribution in [1.29, 1.82) is 0 Å². The number of aliphatic hydroxyl groups is 3. The van der Waals surface area contributed by atoms with Gasteiger partial charge in [-0.3, -0.25) is 0 Å². The van der Waals surface area contributed by atoms with Crippen LogP contribution in [-0.2, 0) is 9.53 Å². The fourth-order valence-corrected chi connectivity index (χ4v) is 1.18. The summed E-state index contributed by atoms with van der Waals surface area (Å²) in [4.78, 5) is 10.8. The average Bonchev–Trinajstić information content (AvgIpc) is 2.08. The van der Waals surface area contributed by atoms with Crippen molar-refractivity contribution in [3.8, 4) is 0 Å². The van der Waals surface area contributed by atoms with Crippen LogP contribution in [0.4, 0.5) is 0 Å². The van der Waals surface area contributed by atoms with Crippen molar-refractivity contribution in [3.05, 3.63) is 0 Å². The molecule has 0 radical (unpaired) electrons. The highest BCUT2D eigenvalue weighted by Gasteiger charge is 2.41. The van der Waals surface area contributed by atoms with Crippen molar-refractivity contribution >= 4 is 5.97 Å². The van der Waals surface area contributed by atoms with Crippen LogP contribution in [-0.4, -0.2) is 46.2 Å². The molecule has 0 bridgehead atoms. The molecular formula is C7H12O5. The first-order valence-electron chi connectivity index (χ1n) is 3.75. The van der Waals surface area contributed by atoms with E-state index >= 15 is 0 Å². The molecule has 0 saturated carbocycles. The lowest BCUT2D eigenvalue weighted by atomic mass is 9.92. The smallest absolute Gasteiger partial charge is 0.338 e. The summed E-state index contributed by atoms with van der Waals surface area (Å²) in [6.45, 7) is 1.26. The van der Waals surface area contributed by atoms with Crippen LogP contribution in [0.25, 0.3) is 0 Å². The maximum atomic E-state index is 10.8. The number of cyclic esters (lactones) is 1. The van der Waals surface area contributed by atoms with Gasteiger partial charge in [0, 0.05) is 5.92 Å². The normalized spacial score (nSPS) is 42.5. The Balaban J connectivity index is 2.70. The van der Waals surface area contributed by atoms with Gasteiger partial charge in [0.2, 0.25) is 0 Å². The second-order valence-corrected chi connectivity index (χ2v) is 2.95. The summed E-state index contributed by atoms with van der Waals surface area (Å²) in [5, 5.41) is 27.0. The van der Waals surface area contributed by atoms with Gasteiger partial charge in [-0.25, -0.2) is 4.79 Å². The van der Waals surface area contributed by atoms with Gasteiger partial charge in [-0.15, -0.1) is 0 Å². The van der Waals surface area contributed by atoms with Crippen LogP contribution in [0.5, 0.6) is 0 Å². The maximum Gasteiger partial charge on any atom is 0.338 e. The SMILES string of the molecule is C[C@H]1[C@H](O)[C@@H](O)C(=O)O[C@@H]1CO. The third-order valence-electron chi connectivity index (χ3n) is 2.14. The van der Waals surface area contributed by atoms with Crippen LogP contribution < -0.4 is 0 Å². The molecular weight excluding hydrogens is 164 g/mol. The van der Waals surface area contributed by atoms with E-state index in [1.54, 1.807) is 6.92 Å². The van der Waals surface area contributed by atoms with Crippen LogP contribution in [0, 0.1) is 5.92 Å². The lowest BCUT2D eigenvalue weighted by Crippen LogP contribution is -2.52. The number of rotatable bonds is 1. The van der Waals surface area contributed by atoms with E-state index in [4.69, 9.17) is 10.2 Å². The predicted molar refractivity (Wildman–Crippen MR) is 38.1 cm³/mol. The molecule has 0 amide bonds. The van der Waals surface area contributed by atoms with Gasteiger partial charge in [-0.2, -0.15) is 0 Å². The summed E-state index contributed by atoms with van der Waals surface area (Å²) in [5.74, 6) is -1.32. The molecule has 12 heavy (non-hydrogen) atoms. The predicted octanol–water partition coefficient (Wildman–Crippen LogP) is -1.74. The van der Waals surface area contributed by atoms with Crippen LogP contribution in [0.15, 0.2) is 0 Å². The molecule has 1 rings (SSSR count). The summed E-state index contributed by atoms with van der Waals surface area (Å²) in [7, 11) is 0. The van der Waals surface area contributed by atoms with E-state index in [9.17, 15) is 9.90 Å². The Morgan fingerprint density at radius 2 is 2.08 bits per heavy atom. The molecule has 70 valence electrons. The summed E-state index contributed by atoms with van der Waals surface area (Å²) < 4.78 is 4.63. The van der Waals surface area contributed by atoms with Crippen LogP contribution >= 0.6 is 0 Å². The minimum Gasteiger partial charge on any atom is -0.458 e. The molecule has 1 aliphatic heterocycles. The van der Waals surface area contributed by atoms with Crippen LogP contribution in [0.1, 0.15) is 6.92 Å². The Labute approximate surface area is 69.6 Å². The van der Waals surface area contributed by atoms with Gasteiger partial charge in [-0.05, 0) is 0 Å². The monoisotopic (exact) mass is 176 g/mol. The Bertz CT molecular complexity index is 179. The van der Waals surface area contributed by atoms with E-state index in [2.05, 4.69) is 4.74 Å². The molecule has 0 aromatic rings. The molecule has 1 aliphatic rings. The third kappa shape index (κ3) is 1.43. The Kier molecular flexibility index (Phi) is 2.66. The highest BCUT2D eigenvalue weighted by molar-refractivity contribution is 5.76. The van der Waals surface area contributed by atoms with Gasteiger partial charge in [-0.1, -0.05) is 6.92 Å². The second kappa shape index (κ2) is 3.38. The molecule has 1 saturated heterocycles. The molecule has 1 fully saturated rings. The molecule has 5 nitrogen and oxygen atoms in total. The molecule has 0 unspecified atom stereocenters. The first kappa shape index (κ1) is 9.44.